The van der Waals surface area contributed by atoms with Gasteiger partial charge in [0.25, 0.3) is 5.56 Å². The van der Waals surface area contributed by atoms with Crippen molar-refractivity contribution in [1.82, 2.24) is 8.94 Å². The molecule has 3 heterocycles. The van der Waals surface area contributed by atoms with Crippen LogP contribution in [0.3, 0.4) is 0 Å². The maximum absolute atomic E-state index is 15.1. The average Bonchev–Trinajstić information content (AvgIpc) is 3.35. The molecule has 2 fully saturated rings. The van der Waals surface area contributed by atoms with Crippen LogP contribution in [0, 0.1) is 11.7 Å². The van der Waals surface area contributed by atoms with Gasteiger partial charge in [-0.3, -0.25) is 14.0 Å². The number of hydrogen-bond donors (Lipinski definition) is 2. The molecule has 1 aromatic carbocycles. The molecule has 0 spiro atoms. The van der Waals surface area contributed by atoms with E-state index in [-0.39, 0.29) is 22.7 Å². The number of oxime groups is 1. The Morgan fingerprint density at radius 1 is 1.38 bits per heavy atom. The van der Waals surface area contributed by atoms with Gasteiger partial charge in [0.1, 0.15) is 23.1 Å². The summed E-state index contributed by atoms with van der Waals surface area (Å²) in [5, 5.41) is 4.38. The number of benzene rings is 1. The van der Waals surface area contributed by atoms with Crippen LogP contribution in [0.4, 0.5) is 10.1 Å². The van der Waals surface area contributed by atoms with Gasteiger partial charge >= 0.3 is 0 Å². The van der Waals surface area contributed by atoms with Crippen LogP contribution in [0.1, 0.15) is 18.9 Å². The highest BCUT2D eigenvalue weighted by Crippen LogP contribution is 2.41. The quantitative estimate of drug-likeness (QED) is 0.630. The Morgan fingerprint density at radius 3 is 2.86 bits per heavy atom. The lowest BCUT2D eigenvalue weighted by molar-refractivity contribution is 0.211. The van der Waals surface area contributed by atoms with Gasteiger partial charge in [0.2, 0.25) is 5.43 Å². The molecular weight excluding hydrogens is 397 g/mol. The predicted molar refractivity (Wildman–Crippen MR) is 112 cm³/mol. The van der Waals surface area contributed by atoms with Crippen LogP contribution in [-0.4, -0.2) is 41.4 Å². The molecule has 0 amide bonds. The van der Waals surface area contributed by atoms with Gasteiger partial charge < -0.3 is 20.0 Å². The van der Waals surface area contributed by atoms with E-state index < -0.39 is 16.8 Å². The van der Waals surface area contributed by atoms with Crippen molar-refractivity contribution in [3.05, 3.63) is 38.5 Å². The maximum atomic E-state index is 15.1. The zero-order chi connectivity index (χ0) is 20.3. The molecule has 1 saturated heterocycles. The van der Waals surface area contributed by atoms with E-state index in [1.54, 1.807) is 6.07 Å². The molecule has 1 atom stereocenters. The lowest BCUT2D eigenvalue weighted by Gasteiger charge is -2.20. The van der Waals surface area contributed by atoms with E-state index in [9.17, 15) is 9.59 Å². The molecule has 8 nitrogen and oxygen atoms in total. The number of H-pyrrole nitrogens is 1. The molecule has 1 saturated carbocycles. The number of fused-ring (bicyclic) bond motifs is 2. The van der Waals surface area contributed by atoms with Crippen LogP contribution >= 0.6 is 11.5 Å². The van der Waals surface area contributed by atoms with Gasteiger partial charge in [-0.05, 0) is 36.5 Å². The van der Waals surface area contributed by atoms with Crippen molar-refractivity contribution in [2.45, 2.75) is 18.9 Å². The van der Waals surface area contributed by atoms with Gasteiger partial charge in [-0.25, -0.2) is 4.39 Å². The lowest BCUT2D eigenvalue weighted by Crippen LogP contribution is -2.24. The van der Waals surface area contributed by atoms with Gasteiger partial charge in [-0.1, -0.05) is 5.16 Å². The number of nitrogens with two attached hydrogens (primary N) is 1. The molecule has 1 unspecified atom stereocenters. The first-order valence-electron chi connectivity index (χ1n) is 9.47. The highest BCUT2D eigenvalue weighted by atomic mass is 32.1. The van der Waals surface area contributed by atoms with Gasteiger partial charge in [0.15, 0.2) is 0 Å². The number of hydrogen-bond acceptors (Lipinski definition) is 7. The summed E-state index contributed by atoms with van der Waals surface area (Å²) >= 11 is 1.16. The second kappa shape index (κ2) is 6.67. The summed E-state index contributed by atoms with van der Waals surface area (Å²) in [5.74, 6) is -0.523. The average molecular weight is 417 g/mol. The maximum Gasteiger partial charge on any atom is 0.271 e. The van der Waals surface area contributed by atoms with E-state index in [4.69, 9.17) is 10.6 Å². The minimum Gasteiger partial charge on any atom is -0.399 e. The molecule has 1 aliphatic heterocycles. The Hall–Kier alpha value is -2.72. The van der Waals surface area contributed by atoms with E-state index in [1.807, 2.05) is 9.47 Å². The van der Waals surface area contributed by atoms with Crippen LogP contribution in [0.25, 0.3) is 21.1 Å². The second-order valence-electron chi connectivity index (χ2n) is 7.54. The molecule has 3 N–H and O–H groups in total. The molecule has 2 aliphatic rings. The predicted octanol–water partition coefficient (Wildman–Crippen LogP) is 1.78. The minimum atomic E-state index is -0.502. The smallest absolute Gasteiger partial charge is 0.271 e. The number of halogens is 1. The number of aromatic nitrogens is 2. The SMILES string of the molecule is CO/N=C1\CN(c2cc3c(cc2F)c(=O)c2c(=O)[nH]sc2n3C2CC2)CC1CN. The van der Waals surface area contributed by atoms with Crippen molar-refractivity contribution >= 4 is 44.1 Å². The number of anilines is 1. The Balaban J connectivity index is 1.73. The van der Waals surface area contributed by atoms with Crippen LogP contribution in [-0.2, 0) is 4.84 Å². The molecule has 29 heavy (non-hydrogen) atoms. The third-order valence-corrected chi connectivity index (χ3v) is 6.59. The van der Waals surface area contributed by atoms with Crippen LogP contribution in [0.5, 0.6) is 0 Å². The second-order valence-corrected chi connectivity index (χ2v) is 8.34. The largest absolute Gasteiger partial charge is 0.399 e. The number of pyridine rings is 1. The van der Waals surface area contributed by atoms with Gasteiger partial charge in [0, 0.05) is 30.4 Å². The zero-order valence-corrected chi connectivity index (χ0v) is 16.6. The van der Waals surface area contributed by atoms with Crippen molar-refractivity contribution in [1.29, 1.82) is 0 Å². The third kappa shape index (κ3) is 2.77. The highest BCUT2D eigenvalue weighted by Gasteiger charge is 2.33. The molecule has 1 aliphatic carbocycles. The van der Waals surface area contributed by atoms with E-state index in [0.29, 0.717) is 35.7 Å². The van der Waals surface area contributed by atoms with Crippen LogP contribution < -0.4 is 21.6 Å². The van der Waals surface area contributed by atoms with Gasteiger partial charge in [-0.2, -0.15) is 0 Å². The third-order valence-electron chi connectivity index (χ3n) is 5.71. The fraction of sp³-hybridized carbons (Fsp3) is 0.421. The highest BCUT2D eigenvalue weighted by molar-refractivity contribution is 7.12. The minimum absolute atomic E-state index is 0.0203. The summed E-state index contributed by atoms with van der Waals surface area (Å²) in [5.41, 5.74) is 6.82. The topological polar surface area (TPSA) is 106 Å². The van der Waals surface area contributed by atoms with Gasteiger partial charge in [-0.15, -0.1) is 0 Å². The summed E-state index contributed by atoms with van der Waals surface area (Å²) in [6.07, 6.45) is 1.94. The lowest BCUT2D eigenvalue weighted by atomic mass is 10.1. The van der Waals surface area contributed by atoms with Crippen LogP contribution in [0.15, 0.2) is 26.9 Å². The Labute approximate surface area is 168 Å². The van der Waals surface area contributed by atoms with E-state index in [0.717, 1.165) is 30.1 Å². The first-order valence-corrected chi connectivity index (χ1v) is 10.3. The van der Waals surface area contributed by atoms with E-state index in [1.165, 1.54) is 13.2 Å². The fourth-order valence-electron chi connectivity index (χ4n) is 4.15. The number of nitrogens with zero attached hydrogens (tertiary/aromatic N) is 3. The zero-order valence-electron chi connectivity index (χ0n) is 15.8. The number of nitrogens with one attached hydrogen (secondary N) is 1. The summed E-state index contributed by atoms with van der Waals surface area (Å²) in [6, 6.07) is 3.19. The van der Waals surface area contributed by atoms with Crippen molar-refractivity contribution in [2.24, 2.45) is 16.8 Å². The van der Waals surface area contributed by atoms with Crippen molar-refractivity contribution in [3.8, 4) is 0 Å². The van der Waals surface area contributed by atoms with Crippen molar-refractivity contribution < 1.29 is 9.23 Å². The van der Waals surface area contributed by atoms with E-state index >= 15 is 4.39 Å². The molecule has 5 rings (SSSR count). The first kappa shape index (κ1) is 18.3. The Morgan fingerprint density at radius 2 is 2.17 bits per heavy atom. The molecular formula is C19H20FN5O3S. The fourth-order valence-corrected chi connectivity index (χ4v) is 5.08. The Bertz CT molecular complexity index is 1270. The Kier molecular flexibility index (Phi) is 4.21. The molecule has 152 valence electrons. The number of rotatable bonds is 4. The first-order chi connectivity index (χ1) is 14.0. The van der Waals surface area contributed by atoms with E-state index in [2.05, 4.69) is 9.53 Å². The summed E-state index contributed by atoms with van der Waals surface area (Å²) < 4.78 is 19.8. The van der Waals surface area contributed by atoms with Crippen molar-refractivity contribution in [2.75, 3.05) is 31.6 Å². The molecule has 0 radical (unpaired) electrons. The molecule has 3 aromatic rings. The summed E-state index contributed by atoms with van der Waals surface area (Å²) in [7, 11) is 1.47. The summed E-state index contributed by atoms with van der Waals surface area (Å²) in [4.78, 5) is 32.5. The molecule has 10 heteroatoms. The summed E-state index contributed by atoms with van der Waals surface area (Å²) in [6.45, 7) is 1.32. The normalized spacial score (nSPS) is 21.0. The monoisotopic (exact) mass is 417 g/mol. The van der Waals surface area contributed by atoms with Crippen LogP contribution in [0.2, 0.25) is 0 Å². The standard InChI is InChI=1S/C19H20FN5O3S/c1-28-22-13-8-24(7-9(13)6-21)15-5-14-11(4-12(15)20)17(26)16-18(27)23-29-19(16)25(14)10-2-3-10/h4-5,9-10H,2-3,6-8,21H2,1H3,(H,23,27)/b22-13+. The molecule has 2 aromatic heterocycles. The van der Waals surface area contributed by atoms with Crippen molar-refractivity contribution in [3.63, 3.8) is 0 Å². The van der Waals surface area contributed by atoms with Gasteiger partial charge in [0.05, 0.1) is 23.5 Å². The molecule has 0 bridgehead atoms. The number of aromatic amines is 1.